The van der Waals surface area contributed by atoms with Crippen LogP contribution in [0.15, 0.2) is 24.3 Å². The Labute approximate surface area is 110 Å². The monoisotopic (exact) mass is 256 g/mol. The maximum atomic E-state index is 11.5. The van der Waals surface area contributed by atoms with Gasteiger partial charge in [0, 0.05) is 14.2 Å². The lowest BCUT2D eigenvalue weighted by molar-refractivity contribution is 0.0388. The molecule has 0 saturated heterocycles. The minimum absolute atomic E-state index is 0. The summed E-state index contributed by atoms with van der Waals surface area (Å²) in [6.07, 6.45) is 0. The Morgan fingerprint density at radius 2 is 1.61 bits per heavy atom. The van der Waals surface area contributed by atoms with Gasteiger partial charge >= 0.3 is 5.97 Å². The fraction of sp³-hybridized carbons (Fsp3) is 0.500. The summed E-state index contributed by atoms with van der Waals surface area (Å²) in [6, 6.07) is 7.14. The number of esters is 1. The van der Waals surface area contributed by atoms with Gasteiger partial charge in [0.15, 0.2) is 0 Å². The zero-order valence-corrected chi connectivity index (χ0v) is 9.56. The number of carbonyl (C=O) groups is 1. The highest BCUT2D eigenvalue weighted by atomic mass is 16.6. The van der Waals surface area contributed by atoms with Gasteiger partial charge < -0.3 is 14.2 Å². The van der Waals surface area contributed by atoms with E-state index in [1.165, 1.54) is 0 Å². The molecule has 104 valence electrons. The highest BCUT2D eigenvalue weighted by Crippen LogP contribution is 2.06. The summed E-state index contributed by atoms with van der Waals surface area (Å²) < 4.78 is 14.7. The highest BCUT2D eigenvalue weighted by Gasteiger charge is 2.06. The van der Waals surface area contributed by atoms with Crippen LogP contribution in [-0.4, -0.2) is 33.4 Å². The molecule has 18 heavy (non-hydrogen) atoms. The molecule has 1 aromatic rings. The summed E-state index contributed by atoms with van der Waals surface area (Å²) in [5.74, 6) is -0.332. The van der Waals surface area contributed by atoms with Gasteiger partial charge in [0.25, 0.3) is 0 Å². The quantitative estimate of drug-likeness (QED) is 0.580. The van der Waals surface area contributed by atoms with E-state index in [2.05, 4.69) is 0 Å². The predicted molar refractivity (Wildman–Crippen MR) is 72.8 cm³/mol. The molecule has 0 bridgehead atoms. The summed E-state index contributed by atoms with van der Waals surface area (Å²) in [7, 11) is 3.19. The van der Waals surface area contributed by atoms with Crippen LogP contribution in [0.4, 0.5) is 0 Å². The predicted octanol–water partition coefficient (Wildman–Crippen LogP) is 2.91. The Balaban J connectivity index is 0. The van der Waals surface area contributed by atoms with Gasteiger partial charge in [-0.2, -0.15) is 0 Å². The van der Waals surface area contributed by atoms with Crippen LogP contribution in [0.3, 0.4) is 0 Å². The number of hydrogen-bond acceptors (Lipinski definition) is 4. The lowest BCUT2D eigenvalue weighted by atomic mass is 10.1. The average molecular weight is 256 g/mol. The van der Waals surface area contributed by atoms with E-state index in [4.69, 9.17) is 14.2 Å². The van der Waals surface area contributed by atoms with Crippen LogP contribution >= 0.6 is 0 Å². The van der Waals surface area contributed by atoms with Crippen LogP contribution in [-0.2, 0) is 20.8 Å². The number of methoxy groups -OCH3 is 2. The van der Waals surface area contributed by atoms with Crippen LogP contribution in [0.5, 0.6) is 0 Å². The van der Waals surface area contributed by atoms with Crippen molar-refractivity contribution in [3.05, 3.63) is 35.4 Å². The van der Waals surface area contributed by atoms with Crippen molar-refractivity contribution >= 4 is 5.97 Å². The van der Waals surface area contributed by atoms with E-state index in [0.29, 0.717) is 18.8 Å². The van der Waals surface area contributed by atoms with Crippen molar-refractivity contribution in [2.75, 3.05) is 27.4 Å². The fourth-order valence-corrected chi connectivity index (χ4v) is 1.20. The van der Waals surface area contributed by atoms with Gasteiger partial charge in [-0.1, -0.05) is 27.0 Å². The Bertz CT molecular complexity index is 319. The van der Waals surface area contributed by atoms with Gasteiger partial charge in [-0.05, 0) is 17.7 Å². The molecule has 1 rings (SSSR count). The zero-order chi connectivity index (χ0) is 11.8. The molecule has 0 fully saturated rings. The molecular weight excluding hydrogens is 232 g/mol. The number of rotatable bonds is 6. The molecule has 0 unspecified atom stereocenters. The molecule has 4 heteroatoms. The van der Waals surface area contributed by atoms with Gasteiger partial charge in [-0.15, -0.1) is 0 Å². The number of carbonyl (C=O) groups excluding carboxylic acids is 1. The second-order valence-corrected chi connectivity index (χ2v) is 3.26. The van der Waals surface area contributed by atoms with Gasteiger partial charge in [0.1, 0.15) is 6.61 Å². The van der Waals surface area contributed by atoms with E-state index in [9.17, 15) is 4.79 Å². The van der Waals surface area contributed by atoms with E-state index in [1.54, 1.807) is 26.4 Å². The standard InChI is InChI=1S/C12H16O4.2CH4/c1-14-7-8-16-12(13)11-5-3-10(4-6-11)9-15-2;;/h3-6H,7-9H2,1-2H3;2*1H4. The molecule has 0 aliphatic rings. The first kappa shape index (κ1) is 19.0. The van der Waals surface area contributed by atoms with E-state index in [0.717, 1.165) is 5.56 Å². The minimum atomic E-state index is -0.332. The normalized spacial score (nSPS) is 9.00. The summed E-state index contributed by atoms with van der Waals surface area (Å²) in [5.41, 5.74) is 1.56. The topological polar surface area (TPSA) is 44.8 Å². The van der Waals surface area contributed by atoms with Crippen molar-refractivity contribution in [1.29, 1.82) is 0 Å². The average Bonchev–Trinajstić information content (AvgIpc) is 2.30. The lowest BCUT2D eigenvalue weighted by Gasteiger charge is -2.05. The third kappa shape index (κ3) is 6.37. The molecule has 0 amide bonds. The summed E-state index contributed by atoms with van der Waals surface area (Å²) in [5, 5.41) is 0. The SMILES string of the molecule is C.C.COCCOC(=O)c1ccc(COC)cc1. The Kier molecular flexibility index (Phi) is 11.3. The molecule has 0 N–H and O–H groups in total. The fourth-order valence-electron chi connectivity index (χ4n) is 1.20. The first-order valence-electron chi connectivity index (χ1n) is 5.02. The summed E-state index contributed by atoms with van der Waals surface area (Å²) in [6.45, 7) is 1.22. The largest absolute Gasteiger partial charge is 0.460 e. The van der Waals surface area contributed by atoms with Crippen molar-refractivity contribution in [2.24, 2.45) is 0 Å². The lowest BCUT2D eigenvalue weighted by Crippen LogP contribution is -2.09. The Morgan fingerprint density at radius 1 is 1.00 bits per heavy atom. The van der Waals surface area contributed by atoms with Crippen LogP contribution in [0.1, 0.15) is 30.8 Å². The van der Waals surface area contributed by atoms with Crippen molar-refractivity contribution in [3.63, 3.8) is 0 Å². The number of ether oxygens (including phenoxy) is 3. The first-order valence-corrected chi connectivity index (χ1v) is 5.02. The van der Waals surface area contributed by atoms with Crippen LogP contribution in [0, 0.1) is 0 Å². The number of hydrogen-bond donors (Lipinski definition) is 0. The molecule has 0 aliphatic heterocycles. The van der Waals surface area contributed by atoms with Crippen molar-refractivity contribution in [1.82, 2.24) is 0 Å². The summed E-state index contributed by atoms with van der Waals surface area (Å²) in [4.78, 5) is 11.5. The smallest absolute Gasteiger partial charge is 0.338 e. The molecule has 0 aliphatic carbocycles. The van der Waals surface area contributed by atoms with Crippen molar-refractivity contribution < 1.29 is 19.0 Å². The van der Waals surface area contributed by atoms with Crippen molar-refractivity contribution in [3.8, 4) is 0 Å². The zero-order valence-electron chi connectivity index (χ0n) is 9.56. The van der Waals surface area contributed by atoms with Crippen molar-refractivity contribution in [2.45, 2.75) is 21.5 Å². The van der Waals surface area contributed by atoms with Gasteiger partial charge in [-0.25, -0.2) is 4.79 Å². The van der Waals surface area contributed by atoms with Crippen LogP contribution in [0.2, 0.25) is 0 Å². The second kappa shape index (κ2) is 10.7. The molecule has 0 heterocycles. The van der Waals surface area contributed by atoms with Crippen LogP contribution in [0.25, 0.3) is 0 Å². The molecular formula is C14H24O4. The van der Waals surface area contributed by atoms with Gasteiger partial charge in [-0.3, -0.25) is 0 Å². The minimum Gasteiger partial charge on any atom is -0.460 e. The second-order valence-electron chi connectivity index (χ2n) is 3.26. The molecule has 1 aromatic carbocycles. The number of benzene rings is 1. The van der Waals surface area contributed by atoms with E-state index >= 15 is 0 Å². The maximum absolute atomic E-state index is 11.5. The highest BCUT2D eigenvalue weighted by molar-refractivity contribution is 5.89. The first-order chi connectivity index (χ1) is 7.77. The molecule has 0 spiro atoms. The van der Waals surface area contributed by atoms with E-state index < -0.39 is 0 Å². The van der Waals surface area contributed by atoms with Gasteiger partial charge in [0.05, 0.1) is 18.8 Å². The summed E-state index contributed by atoms with van der Waals surface area (Å²) >= 11 is 0. The van der Waals surface area contributed by atoms with Crippen LogP contribution < -0.4 is 0 Å². The molecule has 0 saturated carbocycles. The molecule has 0 atom stereocenters. The maximum Gasteiger partial charge on any atom is 0.338 e. The third-order valence-electron chi connectivity index (χ3n) is 2.02. The Morgan fingerprint density at radius 3 is 2.11 bits per heavy atom. The van der Waals surface area contributed by atoms with Gasteiger partial charge in [0.2, 0.25) is 0 Å². The molecule has 0 aromatic heterocycles. The van der Waals surface area contributed by atoms with E-state index in [1.807, 2.05) is 12.1 Å². The Hall–Kier alpha value is -1.39. The molecule has 4 nitrogen and oxygen atoms in total. The molecule has 0 radical (unpaired) electrons. The third-order valence-corrected chi connectivity index (χ3v) is 2.02. The van der Waals surface area contributed by atoms with E-state index in [-0.39, 0.29) is 27.4 Å².